The molecule has 0 radical (unpaired) electrons. The molecule has 2 aliphatic rings. The highest BCUT2D eigenvalue weighted by molar-refractivity contribution is 7.14. The zero-order valence-electron chi connectivity index (χ0n) is 18.2. The molecule has 0 spiro atoms. The van der Waals surface area contributed by atoms with E-state index in [1.165, 1.54) is 43.6 Å². The molecule has 5 nitrogen and oxygen atoms in total. The highest BCUT2D eigenvalue weighted by Crippen LogP contribution is 2.32. The quantitative estimate of drug-likeness (QED) is 0.606. The van der Waals surface area contributed by atoms with Gasteiger partial charge in [-0.05, 0) is 51.2 Å². The van der Waals surface area contributed by atoms with E-state index in [1.807, 2.05) is 16.4 Å². The van der Waals surface area contributed by atoms with E-state index in [2.05, 4.69) is 50.9 Å². The van der Waals surface area contributed by atoms with Crippen molar-refractivity contribution in [2.75, 3.05) is 26.2 Å². The molecule has 0 aliphatic carbocycles. The lowest BCUT2D eigenvalue weighted by atomic mass is 9.92. The van der Waals surface area contributed by atoms with E-state index in [1.54, 1.807) is 0 Å². The fourth-order valence-corrected chi connectivity index (χ4v) is 5.29. The molecule has 3 rings (SSSR count). The van der Waals surface area contributed by atoms with Gasteiger partial charge >= 0.3 is 0 Å². The summed E-state index contributed by atoms with van der Waals surface area (Å²) in [4.78, 5) is 16.3. The topological polar surface area (TPSA) is 37.3 Å². The van der Waals surface area contributed by atoms with Crippen molar-refractivity contribution >= 4 is 26.3 Å². The largest absolute Gasteiger partial charge is 0.419 e. The van der Waals surface area contributed by atoms with E-state index in [-0.39, 0.29) is 11.6 Å². The van der Waals surface area contributed by atoms with Gasteiger partial charge in [0.25, 0.3) is 5.90 Å². The summed E-state index contributed by atoms with van der Waals surface area (Å²) < 4.78 is 5.87. The fraction of sp³-hybridized carbons (Fsp3) is 0.762. The summed E-state index contributed by atoms with van der Waals surface area (Å²) >= 11 is 1.83. The lowest BCUT2D eigenvalue weighted by molar-refractivity contribution is -0.115. The summed E-state index contributed by atoms with van der Waals surface area (Å²) in [6.45, 7) is 16.0. The van der Waals surface area contributed by atoms with Crippen molar-refractivity contribution in [1.82, 2.24) is 9.96 Å². The monoisotopic (exact) mass is 423 g/mol. The summed E-state index contributed by atoms with van der Waals surface area (Å²) in [5, 5.41) is 2.01. The Balaban J connectivity index is 1.64. The van der Waals surface area contributed by atoms with Gasteiger partial charge in [-0.3, -0.25) is 4.90 Å². The SMILES string of the molecule is C[SiH](C)OCCN1OC(c2ccc(CN3CCCCCC3)s2)=NC1C(C)(C)C. The first-order chi connectivity index (χ1) is 13.3. The Hall–Kier alpha value is -0.733. The second kappa shape index (κ2) is 9.85. The highest BCUT2D eigenvalue weighted by Gasteiger charge is 2.38. The van der Waals surface area contributed by atoms with Gasteiger partial charge in [0.2, 0.25) is 0 Å². The fourth-order valence-electron chi connectivity index (χ4n) is 3.73. The summed E-state index contributed by atoms with van der Waals surface area (Å²) in [5.41, 5.74) is 0.0170. The van der Waals surface area contributed by atoms with Crippen LogP contribution >= 0.6 is 11.3 Å². The van der Waals surface area contributed by atoms with E-state index >= 15 is 0 Å². The first-order valence-corrected chi connectivity index (χ1v) is 14.4. The Labute approximate surface area is 176 Å². The molecule has 1 atom stereocenters. The molecule has 1 fully saturated rings. The maximum atomic E-state index is 6.21. The molecule has 3 heterocycles. The second-order valence-corrected chi connectivity index (χ2v) is 12.9. The standard InChI is InChI=1S/C21H37N3O2SSi/c1-21(2,3)20-22-19(26-24(20)14-15-25-28(4)5)18-11-10-17(27-18)16-23-12-8-6-7-9-13-23/h10-11,20,28H,6-9,12-16H2,1-5H3. The van der Waals surface area contributed by atoms with Crippen molar-refractivity contribution in [1.29, 1.82) is 0 Å². The number of nitrogens with zero attached hydrogens (tertiary/aromatic N) is 3. The molecular formula is C21H37N3O2SSi. The van der Waals surface area contributed by atoms with Crippen molar-refractivity contribution < 1.29 is 9.26 Å². The molecule has 0 N–H and O–H groups in total. The molecule has 0 aromatic carbocycles. The van der Waals surface area contributed by atoms with Crippen molar-refractivity contribution in [3.63, 3.8) is 0 Å². The van der Waals surface area contributed by atoms with Crippen LogP contribution in [0.4, 0.5) is 0 Å². The van der Waals surface area contributed by atoms with Crippen molar-refractivity contribution in [2.24, 2.45) is 10.4 Å². The predicted molar refractivity (Wildman–Crippen MR) is 120 cm³/mol. The Morgan fingerprint density at radius 1 is 1.18 bits per heavy atom. The second-order valence-electron chi connectivity index (χ2n) is 9.28. The molecule has 2 aliphatic heterocycles. The minimum Gasteiger partial charge on any atom is -0.419 e. The van der Waals surface area contributed by atoms with Crippen LogP contribution in [0.3, 0.4) is 0 Å². The third-order valence-electron chi connectivity index (χ3n) is 5.20. The predicted octanol–water partition coefficient (Wildman–Crippen LogP) is 4.49. The third-order valence-corrected chi connectivity index (χ3v) is 7.16. The Kier molecular flexibility index (Phi) is 7.72. The van der Waals surface area contributed by atoms with E-state index in [9.17, 15) is 0 Å². The molecule has 1 aromatic rings. The van der Waals surface area contributed by atoms with Crippen LogP contribution in [0, 0.1) is 5.41 Å². The molecule has 1 unspecified atom stereocenters. The number of likely N-dealkylation sites (tertiary alicyclic amines) is 1. The van der Waals surface area contributed by atoms with Crippen LogP contribution < -0.4 is 0 Å². The normalized spacial score (nSPS) is 22.4. The van der Waals surface area contributed by atoms with E-state index < -0.39 is 9.04 Å². The van der Waals surface area contributed by atoms with Crippen molar-refractivity contribution in [3.8, 4) is 0 Å². The van der Waals surface area contributed by atoms with Gasteiger partial charge < -0.3 is 9.26 Å². The molecule has 1 aromatic heterocycles. The number of hydrogen-bond acceptors (Lipinski definition) is 6. The number of hydroxylamine groups is 2. The summed E-state index contributed by atoms with van der Waals surface area (Å²) in [6, 6.07) is 4.43. The van der Waals surface area contributed by atoms with Gasteiger partial charge in [-0.1, -0.05) is 33.6 Å². The van der Waals surface area contributed by atoms with Crippen molar-refractivity contribution in [2.45, 2.75) is 72.3 Å². The van der Waals surface area contributed by atoms with E-state index in [4.69, 9.17) is 14.3 Å². The minimum atomic E-state index is -1.01. The lowest BCUT2D eigenvalue weighted by Crippen LogP contribution is -2.41. The third kappa shape index (κ3) is 6.13. The number of rotatable bonds is 7. The van der Waals surface area contributed by atoms with Crippen molar-refractivity contribution in [3.05, 3.63) is 21.9 Å². The van der Waals surface area contributed by atoms with Crippen LogP contribution in [-0.2, 0) is 15.8 Å². The summed E-state index contributed by atoms with van der Waals surface area (Å²) in [7, 11) is -1.01. The van der Waals surface area contributed by atoms with Crippen LogP contribution in [0.2, 0.25) is 13.1 Å². The van der Waals surface area contributed by atoms with Crippen LogP contribution in [-0.4, -0.2) is 57.3 Å². The van der Waals surface area contributed by atoms with E-state index in [0.717, 1.165) is 23.9 Å². The number of hydrogen-bond donors (Lipinski definition) is 0. The van der Waals surface area contributed by atoms with Crippen LogP contribution in [0.25, 0.3) is 0 Å². The molecule has 1 saturated heterocycles. The van der Waals surface area contributed by atoms with Crippen LogP contribution in [0.1, 0.15) is 56.2 Å². The van der Waals surface area contributed by atoms with Gasteiger partial charge in [0, 0.05) is 23.4 Å². The van der Waals surface area contributed by atoms with Crippen LogP contribution in [0.15, 0.2) is 17.1 Å². The first-order valence-electron chi connectivity index (χ1n) is 10.8. The highest BCUT2D eigenvalue weighted by atomic mass is 32.1. The van der Waals surface area contributed by atoms with Gasteiger partial charge in [0.1, 0.15) is 6.17 Å². The molecule has 7 heteroatoms. The van der Waals surface area contributed by atoms with Gasteiger partial charge in [0.15, 0.2) is 9.04 Å². The molecule has 0 saturated carbocycles. The number of aliphatic imine (C=N–C) groups is 1. The number of thiophene rings is 1. The van der Waals surface area contributed by atoms with Gasteiger partial charge in [-0.25, -0.2) is 4.99 Å². The molecule has 0 amide bonds. The lowest BCUT2D eigenvalue weighted by Gasteiger charge is -2.30. The Morgan fingerprint density at radius 2 is 1.89 bits per heavy atom. The summed E-state index contributed by atoms with van der Waals surface area (Å²) in [5.74, 6) is 0.772. The Bertz CT molecular complexity index is 648. The maximum Gasteiger partial charge on any atom is 0.252 e. The van der Waals surface area contributed by atoms with Gasteiger partial charge in [-0.2, -0.15) is 0 Å². The zero-order valence-corrected chi connectivity index (χ0v) is 20.2. The Morgan fingerprint density at radius 3 is 2.54 bits per heavy atom. The molecule has 28 heavy (non-hydrogen) atoms. The average molecular weight is 424 g/mol. The molecule has 158 valence electrons. The van der Waals surface area contributed by atoms with Gasteiger partial charge in [0.05, 0.1) is 11.4 Å². The maximum absolute atomic E-state index is 6.21. The van der Waals surface area contributed by atoms with E-state index in [0.29, 0.717) is 6.61 Å². The summed E-state index contributed by atoms with van der Waals surface area (Å²) in [6.07, 6.45) is 5.44. The molecular weight excluding hydrogens is 386 g/mol. The smallest absolute Gasteiger partial charge is 0.252 e. The molecule has 0 bridgehead atoms. The first kappa shape index (κ1) is 22.0. The van der Waals surface area contributed by atoms with Crippen LogP contribution in [0.5, 0.6) is 0 Å². The minimum absolute atomic E-state index is 0.0170. The average Bonchev–Trinajstić information content (AvgIpc) is 3.16. The zero-order chi connectivity index (χ0) is 20.1. The van der Waals surface area contributed by atoms with Gasteiger partial charge in [-0.15, -0.1) is 16.4 Å².